The van der Waals surface area contributed by atoms with Crippen molar-refractivity contribution in [2.45, 2.75) is 4.90 Å². The van der Waals surface area contributed by atoms with Gasteiger partial charge in [0.2, 0.25) is 0 Å². The van der Waals surface area contributed by atoms with Crippen molar-refractivity contribution in [3.8, 4) is 0 Å². The Hall–Kier alpha value is -1.64. The van der Waals surface area contributed by atoms with Gasteiger partial charge < -0.3 is 5.32 Å². The van der Waals surface area contributed by atoms with Crippen LogP contribution in [0.1, 0.15) is 10.4 Å². The molecule has 9 heteroatoms. The van der Waals surface area contributed by atoms with E-state index in [0.29, 0.717) is 16.3 Å². The van der Waals surface area contributed by atoms with Gasteiger partial charge in [0.05, 0.1) is 22.1 Å². The lowest BCUT2D eigenvalue weighted by molar-refractivity contribution is -0.0258. The summed E-state index contributed by atoms with van der Waals surface area (Å²) in [4.78, 5) is 16.9. The lowest BCUT2D eigenvalue weighted by Gasteiger charge is -2.14. The molecule has 0 unspecified atom stereocenters. The van der Waals surface area contributed by atoms with Crippen molar-refractivity contribution in [2.75, 3.05) is 19.5 Å². The Kier molecular flexibility index (Phi) is 5.84. The average molecular weight is 389 g/mol. The van der Waals surface area contributed by atoms with Crippen LogP contribution in [0.25, 0.3) is 0 Å². The molecule has 0 saturated heterocycles. The van der Waals surface area contributed by atoms with E-state index >= 15 is 0 Å². The number of carbonyl (C=O) groups excluding carboxylic acids is 1. The number of anilines is 1. The molecule has 128 valence electrons. The van der Waals surface area contributed by atoms with E-state index in [1.54, 1.807) is 0 Å². The SMILES string of the molecule is CON(C)S(=O)(=O)c1ccc(NC(=O)c2ccc(Cl)c(Cl)c2)cc1. The van der Waals surface area contributed by atoms with Crippen LogP contribution >= 0.6 is 23.2 Å². The molecule has 1 amide bonds. The van der Waals surface area contributed by atoms with Crippen molar-refractivity contribution in [3.05, 3.63) is 58.1 Å². The molecular weight excluding hydrogens is 375 g/mol. The zero-order valence-corrected chi connectivity index (χ0v) is 15.1. The Balaban J connectivity index is 2.17. The number of halogens is 2. The first-order valence-electron chi connectivity index (χ1n) is 6.65. The van der Waals surface area contributed by atoms with Crippen molar-refractivity contribution < 1.29 is 18.0 Å². The summed E-state index contributed by atoms with van der Waals surface area (Å²) in [6.45, 7) is 0. The molecule has 0 aliphatic heterocycles. The predicted molar refractivity (Wildman–Crippen MR) is 92.8 cm³/mol. The van der Waals surface area contributed by atoms with Gasteiger partial charge in [0.1, 0.15) is 0 Å². The Morgan fingerprint density at radius 1 is 1.08 bits per heavy atom. The van der Waals surface area contributed by atoms with E-state index in [4.69, 9.17) is 28.0 Å². The normalized spacial score (nSPS) is 11.5. The number of rotatable bonds is 5. The predicted octanol–water partition coefficient (Wildman–Crippen LogP) is 3.43. The highest BCUT2D eigenvalue weighted by atomic mass is 35.5. The summed E-state index contributed by atoms with van der Waals surface area (Å²) < 4.78 is 24.9. The summed E-state index contributed by atoms with van der Waals surface area (Å²) in [6.07, 6.45) is 0. The number of nitrogens with zero attached hydrogens (tertiary/aromatic N) is 1. The first kappa shape index (κ1) is 18.7. The number of hydrogen-bond donors (Lipinski definition) is 1. The maximum atomic E-state index is 12.2. The lowest BCUT2D eigenvalue weighted by atomic mass is 10.2. The van der Waals surface area contributed by atoms with E-state index in [2.05, 4.69) is 5.32 Å². The van der Waals surface area contributed by atoms with Crippen molar-refractivity contribution in [2.24, 2.45) is 0 Å². The third-order valence-electron chi connectivity index (χ3n) is 3.19. The van der Waals surface area contributed by atoms with Gasteiger partial charge in [-0.2, -0.15) is 0 Å². The molecule has 0 radical (unpaired) electrons. The first-order valence-corrected chi connectivity index (χ1v) is 8.85. The van der Waals surface area contributed by atoms with Gasteiger partial charge in [0, 0.05) is 18.3 Å². The van der Waals surface area contributed by atoms with Crippen LogP contribution < -0.4 is 5.32 Å². The number of benzene rings is 2. The molecule has 0 fully saturated rings. The minimum atomic E-state index is -3.73. The summed E-state index contributed by atoms with van der Waals surface area (Å²) >= 11 is 11.7. The smallest absolute Gasteiger partial charge is 0.264 e. The summed E-state index contributed by atoms with van der Waals surface area (Å²) in [7, 11) is -1.19. The summed E-state index contributed by atoms with van der Waals surface area (Å²) in [6, 6.07) is 10.2. The molecule has 6 nitrogen and oxygen atoms in total. The molecular formula is C15H14Cl2N2O4S. The van der Waals surface area contributed by atoms with Gasteiger partial charge in [0.25, 0.3) is 15.9 Å². The number of carbonyl (C=O) groups is 1. The van der Waals surface area contributed by atoms with Crippen LogP contribution in [0.5, 0.6) is 0 Å². The Morgan fingerprint density at radius 3 is 2.25 bits per heavy atom. The van der Waals surface area contributed by atoms with Crippen molar-refractivity contribution >= 4 is 44.8 Å². The molecule has 0 bridgehead atoms. The fourth-order valence-electron chi connectivity index (χ4n) is 1.80. The molecule has 0 heterocycles. The molecule has 1 N–H and O–H groups in total. The second-order valence-electron chi connectivity index (χ2n) is 4.70. The minimum Gasteiger partial charge on any atom is -0.322 e. The number of sulfonamides is 1. The molecule has 0 spiro atoms. The summed E-state index contributed by atoms with van der Waals surface area (Å²) in [5.74, 6) is -0.391. The molecule has 2 rings (SSSR count). The fourth-order valence-corrected chi connectivity index (χ4v) is 3.07. The molecule has 24 heavy (non-hydrogen) atoms. The Labute approximate surface area is 149 Å². The fraction of sp³-hybridized carbons (Fsp3) is 0.133. The van der Waals surface area contributed by atoms with Crippen LogP contribution in [-0.2, 0) is 14.9 Å². The molecule has 2 aromatic rings. The maximum absolute atomic E-state index is 12.2. The number of hydroxylamine groups is 1. The van der Waals surface area contributed by atoms with Gasteiger partial charge in [-0.1, -0.05) is 27.7 Å². The van der Waals surface area contributed by atoms with Crippen LogP contribution in [0.2, 0.25) is 10.0 Å². The van der Waals surface area contributed by atoms with Crippen molar-refractivity contribution in [1.82, 2.24) is 4.47 Å². The first-order chi connectivity index (χ1) is 11.3. The highest BCUT2D eigenvalue weighted by molar-refractivity contribution is 7.89. The second kappa shape index (κ2) is 7.50. The van der Waals surface area contributed by atoms with E-state index in [1.165, 1.54) is 56.6 Å². The third-order valence-corrected chi connectivity index (χ3v) is 5.62. The van der Waals surface area contributed by atoms with Crippen LogP contribution in [0.15, 0.2) is 47.4 Å². The Bertz CT molecular complexity index is 854. The van der Waals surface area contributed by atoms with Gasteiger partial charge >= 0.3 is 0 Å². The van der Waals surface area contributed by atoms with Gasteiger partial charge in [-0.25, -0.2) is 8.42 Å². The quantitative estimate of drug-likeness (QED) is 0.796. The number of nitrogens with one attached hydrogen (secondary N) is 1. The molecule has 0 aliphatic carbocycles. The van der Waals surface area contributed by atoms with Crippen LogP contribution in [0.4, 0.5) is 5.69 Å². The van der Waals surface area contributed by atoms with Crippen molar-refractivity contribution in [1.29, 1.82) is 0 Å². The van der Waals surface area contributed by atoms with Gasteiger partial charge in [0.15, 0.2) is 0 Å². The zero-order chi connectivity index (χ0) is 17.9. The largest absolute Gasteiger partial charge is 0.322 e. The van der Waals surface area contributed by atoms with E-state index in [0.717, 1.165) is 4.47 Å². The highest BCUT2D eigenvalue weighted by Gasteiger charge is 2.20. The van der Waals surface area contributed by atoms with E-state index in [9.17, 15) is 13.2 Å². The lowest BCUT2D eigenvalue weighted by Crippen LogP contribution is -2.25. The van der Waals surface area contributed by atoms with Crippen molar-refractivity contribution in [3.63, 3.8) is 0 Å². The zero-order valence-electron chi connectivity index (χ0n) is 12.8. The third kappa shape index (κ3) is 4.06. The summed E-state index contributed by atoms with van der Waals surface area (Å²) in [5.41, 5.74) is 0.769. The van der Waals surface area contributed by atoms with Crippen LogP contribution in [0.3, 0.4) is 0 Å². The van der Waals surface area contributed by atoms with Crippen LogP contribution in [-0.4, -0.2) is 33.0 Å². The minimum absolute atomic E-state index is 0.0411. The summed E-state index contributed by atoms with van der Waals surface area (Å²) in [5, 5.41) is 3.27. The van der Waals surface area contributed by atoms with Gasteiger partial charge in [-0.3, -0.25) is 9.63 Å². The molecule has 0 saturated carbocycles. The van der Waals surface area contributed by atoms with Gasteiger partial charge in [-0.15, -0.1) is 0 Å². The topological polar surface area (TPSA) is 75.7 Å². The molecule has 2 aromatic carbocycles. The monoisotopic (exact) mass is 388 g/mol. The molecule has 0 aliphatic rings. The highest BCUT2D eigenvalue weighted by Crippen LogP contribution is 2.23. The van der Waals surface area contributed by atoms with E-state index in [1.807, 2.05) is 0 Å². The number of amides is 1. The second-order valence-corrected chi connectivity index (χ2v) is 7.45. The molecule has 0 aromatic heterocycles. The van der Waals surface area contributed by atoms with E-state index in [-0.39, 0.29) is 9.92 Å². The molecule has 0 atom stereocenters. The standard InChI is InChI=1S/C15H14Cl2N2O4S/c1-19(23-2)24(21,22)12-6-4-11(5-7-12)18-15(20)10-3-8-13(16)14(17)9-10/h3-9H,1-2H3,(H,18,20). The Morgan fingerprint density at radius 2 is 1.71 bits per heavy atom. The maximum Gasteiger partial charge on any atom is 0.264 e. The van der Waals surface area contributed by atoms with E-state index < -0.39 is 15.9 Å². The average Bonchev–Trinajstić information content (AvgIpc) is 2.56. The van der Waals surface area contributed by atoms with Gasteiger partial charge in [-0.05, 0) is 42.5 Å². The van der Waals surface area contributed by atoms with Crippen LogP contribution in [0, 0.1) is 0 Å². The number of hydrogen-bond acceptors (Lipinski definition) is 4.